The van der Waals surface area contributed by atoms with Crippen LogP contribution in [0.15, 0.2) is 18.2 Å². The fraction of sp³-hybridized carbons (Fsp3) is 0.588. The Bertz CT molecular complexity index is 550. The first-order valence-electron chi connectivity index (χ1n) is 8.29. The number of fused-ring (bicyclic) bond motifs is 4. The summed E-state index contributed by atoms with van der Waals surface area (Å²) in [5, 5.41) is 9.72. The Morgan fingerprint density at radius 3 is 2.87 bits per heavy atom. The molecule has 2 aliphatic rings. The lowest BCUT2D eigenvalue weighted by Crippen LogP contribution is -2.36. The molecule has 23 heavy (non-hydrogen) atoms. The number of rotatable bonds is 1. The molecule has 6 heteroatoms. The summed E-state index contributed by atoms with van der Waals surface area (Å²) in [5.74, 6) is 1.74. The van der Waals surface area contributed by atoms with E-state index in [9.17, 15) is 4.79 Å². The fourth-order valence-electron chi connectivity index (χ4n) is 3.26. The van der Waals surface area contributed by atoms with E-state index in [1.54, 1.807) is 7.11 Å². The maximum atomic E-state index is 12.5. The number of benzene rings is 1. The number of methoxy groups -OCH3 is 1. The van der Waals surface area contributed by atoms with E-state index in [4.69, 9.17) is 9.47 Å². The van der Waals surface area contributed by atoms with Gasteiger partial charge in [-0.1, -0.05) is 6.07 Å². The van der Waals surface area contributed by atoms with Crippen LogP contribution in [0.4, 0.5) is 0 Å². The summed E-state index contributed by atoms with van der Waals surface area (Å²) in [6, 6.07) is 5.98. The van der Waals surface area contributed by atoms with Gasteiger partial charge in [0.15, 0.2) is 11.5 Å². The molecule has 1 fully saturated rings. The molecule has 6 nitrogen and oxygen atoms in total. The van der Waals surface area contributed by atoms with Gasteiger partial charge in [0.1, 0.15) is 6.61 Å². The van der Waals surface area contributed by atoms with Gasteiger partial charge in [-0.3, -0.25) is 4.79 Å². The molecule has 0 spiro atoms. The van der Waals surface area contributed by atoms with Crippen LogP contribution in [0.25, 0.3) is 0 Å². The first-order chi connectivity index (χ1) is 11.3. The Morgan fingerprint density at radius 1 is 1.13 bits per heavy atom. The minimum atomic E-state index is -0.0351. The monoisotopic (exact) mass is 319 g/mol. The molecule has 0 aliphatic carbocycles. The topological polar surface area (TPSA) is 71.6 Å². The van der Waals surface area contributed by atoms with Gasteiger partial charge in [0.2, 0.25) is 5.91 Å². The van der Waals surface area contributed by atoms with Crippen LogP contribution in [0.2, 0.25) is 0 Å². The molecule has 0 radical (unpaired) electrons. The van der Waals surface area contributed by atoms with E-state index in [-0.39, 0.29) is 17.7 Å². The maximum absolute atomic E-state index is 12.5. The average Bonchev–Trinajstić information content (AvgIpc) is 3.06. The van der Waals surface area contributed by atoms with Crippen LogP contribution >= 0.6 is 0 Å². The van der Waals surface area contributed by atoms with E-state index in [1.165, 1.54) is 0 Å². The molecular weight excluding hydrogens is 294 g/mol. The molecule has 126 valence electrons. The number of nitrogens with one attached hydrogen (secondary N) is 3. The predicted octanol–water partition coefficient (Wildman–Crippen LogP) is 0.487. The van der Waals surface area contributed by atoms with E-state index in [0.717, 1.165) is 49.7 Å². The summed E-state index contributed by atoms with van der Waals surface area (Å²) in [7, 11) is 1.64. The second-order valence-corrected chi connectivity index (χ2v) is 6.02. The summed E-state index contributed by atoms with van der Waals surface area (Å²) in [6.45, 7) is 4.48. The highest BCUT2D eigenvalue weighted by molar-refractivity contribution is 5.80. The maximum Gasteiger partial charge on any atom is 0.225 e. The molecule has 1 amide bonds. The van der Waals surface area contributed by atoms with E-state index in [0.29, 0.717) is 13.2 Å². The van der Waals surface area contributed by atoms with Gasteiger partial charge in [-0.15, -0.1) is 0 Å². The van der Waals surface area contributed by atoms with Crippen molar-refractivity contribution in [3.63, 3.8) is 0 Å². The van der Waals surface area contributed by atoms with Crippen molar-refractivity contribution in [3.8, 4) is 11.5 Å². The lowest BCUT2D eigenvalue weighted by molar-refractivity contribution is -0.124. The standard InChI is InChI=1S/C17H25N3O3/c1-22-15-4-3-12-9-16(15)23-8-7-18-5-2-6-20-17(21)14-11-19-10-13(12)14/h3-4,9,13-14,18-19H,2,5-8,10-11H2,1H3,(H,20,21)/t13-,14+/m1/s1. The zero-order valence-electron chi connectivity index (χ0n) is 13.6. The number of carbonyl (C=O) groups is 1. The predicted molar refractivity (Wildman–Crippen MR) is 88.1 cm³/mol. The van der Waals surface area contributed by atoms with Crippen LogP contribution in [0, 0.1) is 5.92 Å². The first-order valence-corrected chi connectivity index (χ1v) is 8.29. The summed E-state index contributed by atoms with van der Waals surface area (Å²) >= 11 is 0. The third kappa shape index (κ3) is 3.76. The molecule has 1 aromatic carbocycles. The van der Waals surface area contributed by atoms with Gasteiger partial charge >= 0.3 is 0 Å². The van der Waals surface area contributed by atoms with Crippen molar-refractivity contribution in [1.82, 2.24) is 16.0 Å². The molecule has 3 N–H and O–H groups in total. The summed E-state index contributed by atoms with van der Waals surface area (Å²) in [5.41, 5.74) is 1.12. The Hall–Kier alpha value is -1.79. The van der Waals surface area contributed by atoms with E-state index >= 15 is 0 Å². The van der Waals surface area contributed by atoms with E-state index < -0.39 is 0 Å². The second-order valence-electron chi connectivity index (χ2n) is 6.02. The molecule has 2 heterocycles. The third-order valence-corrected chi connectivity index (χ3v) is 4.53. The van der Waals surface area contributed by atoms with Gasteiger partial charge in [-0.2, -0.15) is 0 Å². The number of hydrogen-bond donors (Lipinski definition) is 3. The Labute approximate surface area is 136 Å². The highest BCUT2D eigenvalue weighted by Crippen LogP contribution is 2.35. The van der Waals surface area contributed by atoms with Gasteiger partial charge in [-0.25, -0.2) is 0 Å². The van der Waals surface area contributed by atoms with Crippen molar-refractivity contribution in [3.05, 3.63) is 23.8 Å². The van der Waals surface area contributed by atoms with Crippen LogP contribution in [0.3, 0.4) is 0 Å². The molecule has 3 rings (SSSR count). The van der Waals surface area contributed by atoms with Gasteiger partial charge in [0.25, 0.3) is 0 Å². The average molecular weight is 319 g/mol. The summed E-state index contributed by atoms with van der Waals surface area (Å²) in [4.78, 5) is 12.5. The molecule has 2 bridgehead atoms. The van der Waals surface area contributed by atoms with Crippen LogP contribution in [-0.2, 0) is 4.79 Å². The van der Waals surface area contributed by atoms with E-state index in [1.807, 2.05) is 18.2 Å². The molecule has 0 saturated carbocycles. The Morgan fingerprint density at radius 2 is 2.00 bits per heavy atom. The molecule has 0 aromatic heterocycles. The molecule has 1 aromatic rings. The highest BCUT2D eigenvalue weighted by atomic mass is 16.5. The van der Waals surface area contributed by atoms with Gasteiger partial charge in [0, 0.05) is 32.1 Å². The van der Waals surface area contributed by atoms with Gasteiger partial charge < -0.3 is 25.4 Å². The normalized spacial score (nSPS) is 25.7. The van der Waals surface area contributed by atoms with Crippen LogP contribution < -0.4 is 25.4 Å². The van der Waals surface area contributed by atoms with E-state index in [2.05, 4.69) is 16.0 Å². The molecular formula is C17H25N3O3. The fourth-order valence-corrected chi connectivity index (χ4v) is 3.26. The minimum absolute atomic E-state index is 0.0351. The molecule has 2 atom stereocenters. The van der Waals surface area contributed by atoms with Crippen LogP contribution in [0.5, 0.6) is 11.5 Å². The van der Waals surface area contributed by atoms with Crippen LogP contribution in [0.1, 0.15) is 17.9 Å². The summed E-state index contributed by atoms with van der Waals surface area (Å²) in [6.07, 6.45) is 0.922. The highest BCUT2D eigenvalue weighted by Gasteiger charge is 2.34. The largest absolute Gasteiger partial charge is 0.493 e. The zero-order valence-corrected chi connectivity index (χ0v) is 13.6. The Balaban J connectivity index is 1.87. The molecule has 0 unspecified atom stereocenters. The number of ether oxygens (including phenoxy) is 2. The van der Waals surface area contributed by atoms with Gasteiger partial charge in [-0.05, 0) is 30.7 Å². The van der Waals surface area contributed by atoms with Crippen molar-refractivity contribution in [2.24, 2.45) is 5.92 Å². The lowest BCUT2D eigenvalue weighted by atomic mass is 9.88. The molecule has 2 aliphatic heterocycles. The number of amides is 1. The van der Waals surface area contributed by atoms with Crippen molar-refractivity contribution < 1.29 is 14.3 Å². The second kappa shape index (κ2) is 7.66. The number of carbonyl (C=O) groups excluding carboxylic acids is 1. The summed E-state index contributed by atoms with van der Waals surface area (Å²) < 4.78 is 11.3. The van der Waals surface area contributed by atoms with Gasteiger partial charge in [0.05, 0.1) is 13.0 Å². The Kier molecular flexibility index (Phi) is 5.35. The molecule has 1 saturated heterocycles. The first kappa shape index (κ1) is 16.1. The van der Waals surface area contributed by atoms with Crippen molar-refractivity contribution in [2.45, 2.75) is 12.3 Å². The van der Waals surface area contributed by atoms with Crippen LogP contribution in [-0.4, -0.2) is 52.3 Å². The minimum Gasteiger partial charge on any atom is -0.493 e. The quantitative estimate of drug-likeness (QED) is 0.703. The van der Waals surface area contributed by atoms with Crippen molar-refractivity contribution >= 4 is 5.91 Å². The third-order valence-electron chi connectivity index (χ3n) is 4.53. The SMILES string of the molecule is COc1ccc2cc1OCCNCCCNC(=O)[C@H]1CNC[C@H]21. The lowest BCUT2D eigenvalue weighted by Gasteiger charge is -2.21. The zero-order chi connectivity index (χ0) is 16.1. The van der Waals surface area contributed by atoms with Crippen molar-refractivity contribution in [2.75, 3.05) is 46.4 Å². The van der Waals surface area contributed by atoms with Crippen molar-refractivity contribution in [1.29, 1.82) is 0 Å². The smallest absolute Gasteiger partial charge is 0.225 e. The number of hydrogen-bond acceptors (Lipinski definition) is 5.